The van der Waals surface area contributed by atoms with E-state index in [4.69, 9.17) is 5.11 Å². The Morgan fingerprint density at radius 3 is 3.00 bits per heavy atom. The second-order valence-electron chi connectivity index (χ2n) is 3.32. The molecule has 0 aromatic heterocycles. The van der Waals surface area contributed by atoms with Gasteiger partial charge in [0, 0.05) is 13.0 Å². The molecule has 3 heteroatoms. The van der Waals surface area contributed by atoms with E-state index < -0.39 is 0 Å². The van der Waals surface area contributed by atoms with Crippen LogP contribution in [-0.2, 0) is 4.79 Å². The lowest BCUT2D eigenvalue weighted by Gasteiger charge is -2.22. The largest absolute Gasteiger partial charge is 0.394 e. The van der Waals surface area contributed by atoms with Crippen molar-refractivity contribution in [1.82, 2.24) is 4.90 Å². The number of amides is 1. The van der Waals surface area contributed by atoms with E-state index in [0.717, 1.165) is 25.8 Å². The topological polar surface area (TPSA) is 40.5 Å². The Morgan fingerprint density at radius 2 is 2.42 bits per heavy atom. The Morgan fingerprint density at radius 1 is 1.67 bits per heavy atom. The van der Waals surface area contributed by atoms with Crippen LogP contribution < -0.4 is 0 Å². The molecule has 1 fully saturated rings. The van der Waals surface area contributed by atoms with Gasteiger partial charge in [-0.15, -0.1) is 0 Å². The van der Waals surface area contributed by atoms with Crippen LogP contribution in [0, 0.1) is 0 Å². The summed E-state index contributed by atoms with van der Waals surface area (Å²) in [4.78, 5) is 13.3. The van der Waals surface area contributed by atoms with Gasteiger partial charge in [-0.05, 0) is 19.3 Å². The van der Waals surface area contributed by atoms with Crippen molar-refractivity contribution in [3.63, 3.8) is 0 Å². The minimum Gasteiger partial charge on any atom is -0.394 e. The third kappa shape index (κ3) is 1.97. The second kappa shape index (κ2) is 4.45. The van der Waals surface area contributed by atoms with Gasteiger partial charge in [-0.1, -0.05) is 6.92 Å². The third-order valence-electron chi connectivity index (χ3n) is 2.37. The lowest BCUT2D eigenvalue weighted by molar-refractivity contribution is -0.132. The fourth-order valence-corrected chi connectivity index (χ4v) is 1.71. The molecule has 0 aromatic carbocycles. The van der Waals surface area contributed by atoms with Gasteiger partial charge in [0.25, 0.3) is 0 Å². The number of aliphatic hydroxyl groups is 1. The first-order valence-corrected chi connectivity index (χ1v) is 4.70. The molecule has 1 N–H and O–H groups in total. The van der Waals surface area contributed by atoms with Crippen molar-refractivity contribution in [2.45, 2.75) is 38.6 Å². The van der Waals surface area contributed by atoms with E-state index in [1.165, 1.54) is 0 Å². The molecular formula is C9H17NO2. The van der Waals surface area contributed by atoms with Crippen LogP contribution in [0.5, 0.6) is 0 Å². The van der Waals surface area contributed by atoms with Crippen molar-refractivity contribution in [3.8, 4) is 0 Å². The van der Waals surface area contributed by atoms with Gasteiger partial charge in [0.05, 0.1) is 12.6 Å². The van der Waals surface area contributed by atoms with Gasteiger partial charge in [-0.25, -0.2) is 0 Å². The smallest absolute Gasteiger partial charge is 0.222 e. The molecule has 1 aliphatic rings. The molecule has 0 aromatic rings. The first-order chi connectivity index (χ1) is 5.79. The van der Waals surface area contributed by atoms with Gasteiger partial charge in [0.15, 0.2) is 0 Å². The first kappa shape index (κ1) is 9.52. The van der Waals surface area contributed by atoms with E-state index in [0.29, 0.717) is 6.42 Å². The maximum atomic E-state index is 11.4. The molecule has 3 nitrogen and oxygen atoms in total. The number of hydrogen-bond donors (Lipinski definition) is 1. The number of carbonyl (C=O) groups is 1. The van der Waals surface area contributed by atoms with Crippen molar-refractivity contribution in [3.05, 3.63) is 0 Å². The van der Waals surface area contributed by atoms with Crippen LogP contribution in [0.3, 0.4) is 0 Å². The van der Waals surface area contributed by atoms with Crippen LogP contribution in [-0.4, -0.2) is 35.1 Å². The first-order valence-electron chi connectivity index (χ1n) is 4.70. The van der Waals surface area contributed by atoms with Crippen LogP contribution in [0.25, 0.3) is 0 Å². The SMILES string of the molecule is CCCC(=O)N1CCC[C@H]1CO. The van der Waals surface area contributed by atoms with E-state index in [1.807, 2.05) is 11.8 Å². The Labute approximate surface area is 73.4 Å². The summed E-state index contributed by atoms with van der Waals surface area (Å²) in [7, 11) is 0. The maximum Gasteiger partial charge on any atom is 0.222 e. The van der Waals surface area contributed by atoms with Crippen molar-refractivity contribution in [2.75, 3.05) is 13.2 Å². The molecule has 0 aliphatic carbocycles. The molecular weight excluding hydrogens is 154 g/mol. The minimum atomic E-state index is 0.101. The molecule has 1 aliphatic heterocycles. The van der Waals surface area contributed by atoms with Crippen LogP contribution in [0.2, 0.25) is 0 Å². The number of likely N-dealkylation sites (tertiary alicyclic amines) is 1. The fourth-order valence-electron chi connectivity index (χ4n) is 1.71. The molecule has 1 atom stereocenters. The van der Waals surface area contributed by atoms with Crippen molar-refractivity contribution in [2.24, 2.45) is 0 Å². The van der Waals surface area contributed by atoms with Gasteiger partial charge < -0.3 is 10.0 Å². The summed E-state index contributed by atoms with van der Waals surface area (Å²) >= 11 is 0. The fraction of sp³-hybridized carbons (Fsp3) is 0.889. The highest BCUT2D eigenvalue weighted by atomic mass is 16.3. The molecule has 1 rings (SSSR count). The summed E-state index contributed by atoms with van der Waals surface area (Å²) in [5.74, 6) is 0.203. The number of hydrogen-bond acceptors (Lipinski definition) is 2. The second-order valence-corrected chi connectivity index (χ2v) is 3.32. The van der Waals surface area contributed by atoms with Crippen LogP contribution in [0.15, 0.2) is 0 Å². The zero-order chi connectivity index (χ0) is 8.97. The Kier molecular flexibility index (Phi) is 3.53. The number of carbonyl (C=O) groups excluding carboxylic acids is 1. The molecule has 0 saturated carbocycles. The van der Waals surface area contributed by atoms with E-state index in [2.05, 4.69) is 0 Å². The molecule has 0 radical (unpaired) electrons. The van der Waals surface area contributed by atoms with Crippen LogP contribution in [0.1, 0.15) is 32.6 Å². The Hall–Kier alpha value is -0.570. The zero-order valence-electron chi connectivity index (χ0n) is 7.62. The van der Waals surface area contributed by atoms with E-state index >= 15 is 0 Å². The zero-order valence-corrected chi connectivity index (χ0v) is 7.62. The van der Waals surface area contributed by atoms with Gasteiger partial charge in [0.1, 0.15) is 0 Å². The molecule has 12 heavy (non-hydrogen) atoms. The Balaban J connectivity index is 2.43. The van der Waals surface area contributed by atoms with E-state index in [-0.39, 0.29) is 18.6 Å². The molecule has 70 valence electrons. The normalized spacial score (nSPS) is 23.2. The summed E-state index contributed by atoms with van der Waals surface area (Å²) in [6.45, 7) is 2.96. The number of rotatable bonds is 3. The van der Waals surface area contributed by atoms with E-state index in [1.54, 1.807) is 0 Å². The highest BCUT2D eigenvalue weighted by molar-refractivity contribution is 5.76. The molecule has 0 unspecified atom stereocenters. The average Bonchev–Trinajstić information content (AvgIpc) is 2.51. The number of aliphatic hydroxyl groups excluding tert-OH is 1. The lowest BCUT2D eigenvalue weighted by atomic mass is 10.2. The summed E-state index contributed by atoms with van der Waals surface area (Å²) in [5, 5.41) is 8.96. The van der Waals surface area contributed by atoms with Crippen LogP contribution in [0.4, 0.5) is 0 Å². The minimum absolute atomic E-state index is 0.101. The predicted molar refractivity (Wildman–Crippen MR) is 46.7 cm³/mol. The highest BCUT2D eigenvalue weighted by Gasteiger charge is 2.26. The summed E-state index contributed by atoms with van der Waals surface area (Å²) in [6, 6.07) is 0.101. The van der Waals surface area contributed by atoms with Gasteiger partial charge in [0.2, 0.25) is 5.91 Å². The molecule has 0 bridgehead atoms. The van der Waals surface area contributed by atoms with Crippen molar-refractivity contribution < 1.29 is 9.90 Å². The maximum absolute atomic E-state index is 11.4. The number of nitrogens with zero attached hydrogens (tertiary/aromatic N) is 1. The summed E-state index contributed by atoms with van der Waals surface area (Å²) in [6.07, 6.45) is 3.52. The van der Waals surface area contributed by atoms with Gasteiger partial charge in [-0.2, -0.15) is 0 Å². The summed E-state index contributed by atoms with van der Waals surface area (Å²) < 4.78 is 0. The van der Waals surface area contributed by atoms with Crippen LogP contribution >= 0.6 is 0 Å². The van der Waals surface area contributed by atoms with Crippen molar-refractivity contribution >= 4 is 5.91 Å². The monoisotopic (exact) mass is 171 g/mol. The van der Waals surface area contributed by atoms with E-state index in [9.17, 15) is 4.79 Å². The predicted octanol–water partition coefficient (Wildman–Crippen LogP) is 0.770. The van der Waals surface area contributed by atoms with Gasteiger partial charge in [-0.3, -0.25) is 4.79 Å². The summed E-state index contributed by atoms with van der Waals surface area (Å²) in [5.41, 5.74) is 0. The highest BCUT2D eigenvalue weighted by Crippen LogP contribution is 2.17. The third-order valence-corrected chi connectivity index (χ3v) is 2.37. The average molecular weight is 171 g/mol. The molecule has 1 heterocycles. The standard InChI is InChI=1S/C9H17NO2/c1-2-4-9(12)10-6-3-5-8(10)7-11/h8,11H,2-7H2,1H3/t8-/m0/s1. The quantitative estimate of drug-likeness (QED) is 0.681. The molecule has 0 spiro atoms. The van der Waals surface area contributed by atoms with Crippen molar-refractivity contribution in [1.29, 1.82) is 0 Å². The molecule has 1 amide bonds. The lowest BCUT2D eigenvalue weighted by Crippen LogP contribution is -2.37. The Bertz CT molecular complexity index is 159. The van der Waals surface area contributed by atoms with Gasteiger partial charge >= 0.3 is 0 Å². The molecule has 1 saturated heterocycles.